The molecule has 0 aliphatic carbocycles. The third kappa shape index (κ3) is 2.88. The van der Waals surface area contributed by atoms with Gasteiger partial charge in [-0.05, 0) is 24.4 Å². The summed E-state index contributed by atoms with van der Waals surface area (Å²) in [4.78, 5) is 26.5. The largest absolute Gasteiger partial charge is 0.364 e. The van der Waals surface area contributed by atoms with Crippen molar-refractivity contribution in [3.8, 4) is 0 Å². The van der Waals surface area contributed by atoms with Gasteiger partial charge in [0.15, 0.2) is 0 Å². The van der Waals surface area contributed by atoms with Gasteiger partial charge in [0.2, 0.25) is 5.91 Å². The number of carbonyl (C=O) groups is 1. The number of hydrogen-bond donors (Lipinski definition) is 0. The lowest BCUT2D eigenvalue weighted by molar-refractivity contribution is -0.132. The minimum absolute atomic E-state index is 0.0115. The Kier molecular flexibility index (Phi) is 3.97. The average molecular weight is 311 g/mol. The first-order chi connectivity index (χ1) is 11.1. The topological polar surface area (TPSA) is 68.3 Å². The number of benzene rings is 1. The molecule has 6 heteroatoms. The highest BCUT2D eigenvalue weighted by molar-refractivity contribution is 5.82. The maximum absolute atomic E-state index is 12.4. The SMILES string of the molecule is CC(c1ccon1)N(C)C(=O)Cn1ccc2ccccc2c1=O. The van der Waals surface area contributed by atoms with Gasteiger partial charge in [-0.15, -0.1) is 0 Å². The van der Waals surface area contributed by atoms with Gasteiger partial charge in [0.05, 0.1) is 6.04 Å². The van der Waals surface area contributed by atoms with Crippen molar-refractivity contribution in [1.82, 2.24) is 14.6 Å². The number of aromatic nitrogens is 2. The van der Waals surface area contributed by atoms with E-state index in [-0.39, 0.29) is 24.1 Å². The first kappa shape index (κ1) is 15.0. The van der Waals surface area contributed by atoms with E-state index in [1.54, 1.807) is 30.3 Å². The van der Waals surface area contributed by atoms with Crippen molar-refractivity contribution in [2.24, 2.45) is 0 Å². The monoisotopic (exact) mass is 311 g/mol. The first-order valence-electron chi connectivity index (χ1n) is 7.32. The number of rotatable bonds is 4. The Morgan fingerprint density at radius 2 is 2.09 bits per heavy atom. The van der Waals surface area contributed by atoms with Crippen LogP contribution < -0.4 is 5.56 Å². The molecular weight excluding hydrogens is 294 g/mol. The zero-order chi connectivity index (χ0) is 16.4. The number of amides is 1. The van der Waals surface area contributed by atoms with Gasteiger partial charge in [0.25, 0.3) is 5.56 Å². The van der Waals surface area contributed by atoms with Crippen molar-refractivity contribution < 1.29 is 9.32 Å². The molecule has 1 atom stereocenters. The molecule has 0 saturated heterocycles. The van der Waals surface area contributed by atoms with Crippen LogP contribution in [-0.4, -0.2) is 27.6 Å². The van der Waals surface area contributed by atoms with Crippen LogP contribution in [0.15, 0.2) is 58.2 Å². The van der Waals surface area contributed by atoms with Crippen molar-refractivity contribution in [2.45, 2.75) is 19.5 Å². The lowest BCUT2D eigenvalue weighted by atomic mass is 10.2. The van der Waals surface area contributed by atoms with E-state index in [4.69, 9.17) is 4.52 Å². The molecule has 6 nitrogen and oxygen atoms in total. The minimum atomic E-state index is -0.225. The maximum Gasteiger partial charge on any atom is 0.258 e. The maximum atomic E-state index is 12.4. The van der Waals surface area contributed by atoms with Crippen LogP contribution in [0, 0.1) is 0 Å². The van der Waals surface area contributed by atoms with Crippen LogP contribution in [0.25, 0.3) is 10.8 Å². The second-order valence-electron chi connectivity index (χ2n) is 5.44. The second kappa shape index (κ2) is 6.08. The van der Waals surface area contributed by atoms with Crippen molar-refractivity contribution in [3.63, 3.8) is 0 Å². The van der Waals surface area contributed by atoms with Crippen molar-refractivity contribution in [2.75, 3.05) is 7.05 Å². The zero-order valence-electron chi connectivity index (χ0n) is 13.0. The van der Waals surface area contributed by atoms with Crippen LogP contribution in [0.1, 0.15) is 18.7 Å². The molecule has 1 unspecified atom stereocenters. The highest BCUT2D eigenvalue weighted by Crippen LogP contribution is 2.17. The Labute approximate surface area is 132 Å². The Bertz CT molecular complexity index is 883. The lowest BCUT2D eigenvalue weighted by Gasteiger charge is -2.23. The highest BCUT2D eigenvalue weighted by atomic mass is 16.5. The van der Waals surface area contributed by atoms with Gasteiger partial charge >= 0.3 is 0 Å². The number of hydrogen-bond acceptors (Lipinski definition) is 4. The number of pyridine rings is 1. The van der Waals surface area contributed by atoms with Gasteiger partial charge in [0.1, 0.15) is 18.5 Å². The Hall–Kier alpha value is -2.89. The van der Waals surface area contributed by atoms with Gasteiger partial charge in [-0.25, -0.2) is 0 Å². The quantitative estimate of drug-likeness (QED) is 0.741. The third-order valence-electron chi connectivity index (χ3n) is 4.05. The molecule has 3 aromatic rings. The van der Waals surface area contributed by atoms with Crippen molar-refractivity contribution in [3.05, 3.63) is 64.9 Å². The van der Waals surface area contributed by atoms with Crippen molar-refractivity contribution >= 4 is 16.7 Å². The molecule has 0 bridgehead atoms. The Morgan fingerprint density at radius 3 is 2.83 bits per heavy atom. The van der Waals surface area contributed by atoms with Crippen LogP contribution in [0.2, 0.25) is 0 Å². The standard InChI is InChI=1S/C17H17N3O3/c1-12(15-8-10-23-18-15)19(2)16(21)11-20-9-7-13-5-3-4-6-14(13)17(20)22/h3-10,12H,11H2,1-2H3. The number of fused-ring (bicyclic) bond motifs is 1. The molecule has 2 heterocycles. The molecule has 0 aliphatic rings. The van der Waals surface area contributed by atoms with Crippen molar-refractivity contribution in [1.29, 1.82) is 0 Å². The lowest BCUT2D eigenvalue weighted by Crippen LogP contribution is -2.35. The van der Waals surface area contributed by atoms with Crippen LogP contribution in [0.5, 0.6) is 0 Å². The second-order valence-corrected chi connectivity index (χ2v) is 5.44. The third-order valence-corrected chi connectivity index (χ3v) is 4.05. The fourth-order valence-electron chi connectivity index (χ4n) is 2.46. The normalized spacial score (nSPS) is 12.3. The minimum Gasteiger partial charge on any atom is -0.364 e. The van der Waals surface area contributed by atoms with Gasteiger partial charge in [-0.1, -0.05) is 23.4 Å². The first-order valence-corrected chi connectivity index (χ1v) is 7.32. The molecule has 0 radical (unpaired) electrons. The summed E-state index contributed by atoms with van der Waals surface area (Å²) >= 11 is 0. The van der Waals surface area contributed by atoms with E-state index >= 15 is 0 Å². The fourth-order valence-corrected chi connectivity index (χ4v) is 2.46. The van der Waals surface area contributed by atoms with E-state index in [0.29, 0.717) is 11.1 Å². The molecular formula is C17H17N3O3. The van der Waals surface area contributed by atoms with Crippen LogP contribution in [0.4, 0.5) is 0 Å². The van der Waals surface area contributed by atoms with E-state index < -0.39 is 0 Å². The summed E-state index contributed by atoms with van der Waals surface area (Å²) in [5.41, 5.74) is 0.505. The van der Waals surface area contributed by atoms with Gasteiger partial charge in [0, 0.05) is 24.7 Å². The van der Waals surface area contributed by atoms with E-state index in [1.165, 1.54) is 10.8 Å². The average Bonchev–Trinajstić information content (AvgIpc) is 3.10. The van der Waals surface area contributed by atoms with Gasteiger partial charge in [-0.3, -0.25) is 9.59 Å². The fraction of sp³-hybridized carbons (Fsp3) is 0.235. The molecule has 0 saturated carbocycles. The summed E-state index contributed by atoms with van der Waals surface area (Å²) in [5, 5.41) is 5.32. The van der Waals surface area contributed by atoms with Crippen LogP contribution in [-0.2, 0) is 11.3 Å². The summed E-state index contributed by atoms with van der Waals surface area (Å²) in [6.07, 6.45) is 3.12. The molecule has 2 aromatic heterocycles. The van der Waals surface area contributed by atoms with Gasteiger partial charge in [-0.2, -0.15) is 0 Å². The molecule has 1 amide bonds. The summed E-state index contributed by atoms with van der Waals surface area (Å²) in [6.45, 7) is 1.85. The summed E-state index contributed by atoms with van der Waals surface area (Å²) in [5.74, 6) is -0.169. The molecule has 118 valence electrons. The molecule has 23 heavy (non-hydrogen) atoms. The number of nitrogens with zero attached hydrogens (tertiary/aromatic N) is 3. The number of likely N-dealkylation sites (N-methyl/N-ethyl adjacent to an activating group) is 1. The zero-order valence-corrected chi connectivity index (χ0v) is 13.0. The summed E-state index contributed by atoms with van der Waals surface area (Å²) in [6, 6.07) is 10.7. The summed E-state index contributed by atoms with van der Waals surface area (Å²) < 4.78 is 6.24. The molecule has 0 N–H and O–H groups in total. The van der Waals surface area contributed by atoms with E-state index in [9.17, 15) is 9.59 Å². The molecule has 1 aromatic carbocycles. The Morgan fingerprint density at radius 1 is 1.30 bits per heavy atom. The molecule has 0 spiro atoms. The van der Waals surface area contributed by atoms with E-state index in [1.807, 2.05) is 31.2 Å². The molecule has 3 rings (SSSR count). The van der Waals surface area contributed by atoms with Crippen LogP contribution >= 0.6 is 0 Å². The van der Waals surface area contributed by atoms with E-state index in [2.05, 4.69) is 5.16 Å². The van der Waals surface area contributed by atoms with Gasteiger partial charge < -0.3 is 14.0 Å². The van der Waals surface area contributed by atoms with Crippen LogP contribution in [0.3, 0.4) is 0 Å². The number of carbonyl (C=O) groups excluding carboxylic acids is 1. The predicted octanol–water partition coefficient (Wildman–Crippen LogP) is 2.21. The molecule has 0 aliphatic heterocycles. The molecule has 0 fully saturated rings. The summed E-state index contributed by atoms with van der Waals surface area (Å²) in [7, 11) is 1.69. The smallest absolute Gasteiger partial charge is 0.258 e. The highest BCUT2D eigenvalue weighted by Gasteiger charge is 2.20. The Balaban J connectivity index is 1.83. The predicted molar refractivity (Wildman–Crippen MR) is 85.9 cm³/mol. The van der Waals surface area contributed by atoms with E-state index in [0.717, 1.165) is 5.39 Å².